The van der Waals surface area contributed by atoms with Crippen LogP contribution in [-0.2, 0) is 11.3 Å². The molecule has 0 fully saturated rings. The number of furan rings is 1. The van der Waals surface area contributed by atoms with Gasteiger partial charge in [0.1, 0.15) is 17.2 Å². The topological polar surface area (TPSA) is 84.2 Å². The van der Waals surface area contributed by atoms with Crippen molar-refractivity contribution in [1.29, 1.82) is 0 Å². The zero-order chi connectivity index (χ0) is 23.0. The molecule has 0 aliphatic carbocycles. The Labute approximate surface area is 199 Å². The van der Waals surface area contributed by atoms with Gasteiger partial charge in [0.25, 0.3) is 11.8 Å². The number of rotatable bonds is 7. The van der Waals surface area contributed by atoms with E-state index in [1.54, 1.807) is 48.8 Å². The van der Waals surface area contributed by atoms with Crippen LogP contribution >= 0.6 is 15.9 Å². The van der Waals surface area contributed by atoms with Crippen molar-refractivity contribution in [2.24, 2.45) is 0 Å². The lowest BCUT2D eigenvalue weighted by atomic mass is 10.2. The number of aromatic nitrogens is 1. The summed E-state index contributed by atoms with van der Waals surface area (Å²) in [7, 11) is 0. The molecule has 0 aliphatic rings. The second kappa shape index (κ2) is 10.6. The van der Waals surface area contributed by atoms with Gasteiger partial charge in [-0.3, -0.25) is 14.6 Å². The monoisotopic (exact) mass is 501 g/mol. The second-order valence-electron chi connectivity index (χ2n) is 7.13. The van der Waals surface area contributed by atoms with Crippen LogP contribution in [0.15, 0.2) is 106 Å². The Balaban J connectivity index is 1.57. The van der Waals surface area contributed by atoms with E-state index in [0.717, 1.165) is 15.6 Å². The molecule has 33 heavy (non-hydrogen) atoms. The summed E-state index contributed by atoms with van der Waals surface area (Å²) in [6.07, 6.45) is 4.85. The van der Waals surface area contributed by atoms with E-state index in [-0.39, 0.29) is 12.2 Å². The summed E-state index contributed by atoms with van der Waals surface area (Å²) in [5, 5.41) is 5.51. The van der Waals surface area contributed by atoms with Crippen molar-refractivity contribution in [3.8, 4) is 11.3 Å². The first-order chi connectivity index (χ1) is 16.1. The highest BCUT2D eigenvalue weighted by Crippen LogP contribution is 2.25. The number of halogens is 1. The standard InChI is InChI=1S/C26H20BrN3O3/c27-21-10-8-19(9-11-21)24-13-12-22(33-24)15-23(30-25(31)20-6-2-1-3-7-20)26(32)29-17-18-5-4-14-28-16-18/h1-16H,17H2,(H,29,32)(H,30,31)/b23-15+. The molecule has 2 aromatic carbocycles. The number of pyridine rings is 1. The lowest BCUT2D eigenvalue weighted by Gasteiger charge is -2.11. The molecule has 6 nitrogen and oxygen atoms in total. The Hall–Kier alpha value is -3.97. The molecule has 2 N–H and O–H groups in total. The third-order valence-electron chi connectivity index (χ3n) is 4.75. The molecule has 0 atom stereocenters. The first-order valence-electron chi connectivity index (χ1n) is 10.2. The Morgan fingerprint density at radius 2 is 1.73 bits per heavy atom. The third kappa shape index (κ3) is 6.05. The van der Waals surface area contributed by atoms with Gasteiger partial charge < -0.3 is 15.1 Å². The molecular weight excluding hydrogens is 482 g/mol. The second-order valence-corrected chi connectivity index (χ2v) is 8.05. The number of nitrogens with zero attached hydrogens (tertiary/aromatic N) is 1. The number of benzene rings is 2. The van der Waals surface area contributed by atoms with Crippen LogP contribution in [0.25, 0.3) is 17.4 Å². The molecule has 2 heterocycles. The van der Waals surface area contributed by atoms with Gasteiger partial charge in [-0.1, -0.05) is 52.3 Å². The van der Waals surface area contributed by atoms with E-state index in [4.69, 9.17) is 4.42 Å². The predicted molar refractivity (Wildman–Crippen MR) is 130 cm³/mol. The summed E-state index contributed by atoms with van der Waals surface area (Å²) in [6, 6.07) is 23.6. The van der Waals surface area contributed by atoms with Gasteiger partial charge in [0, 0.05) is 40.6 Å². The zero-order valence-electron chi connectivity index (χ0n) is 17.5. The number of amides is 2. The molecule has 0 saturated heterocycles. The SMILES string of the molecule is O=C(NCc1cccnc1)/C(=C\c1ccc(-c2ccc(Br)cc2)o1)NC(=O)c1ccccc1. The average molecular weight is 502 g/mol. The van der Waals surface area contributed by atoms with Crippen LogP contribution in [0.3, 0.4) is 0 Å². The first-order valence-corrected chi connectivity index (χ1v) is 11.0. The van der Waals surface area contributed by atoms with Gasteiger partial charge in [0.05, 0.1) is 0 Å². The van der Waals surface area contributed by atoms with Gasteiger partial charge in [-0.15, -0.1) is 0 Å². The smallest absolute Gasteiger partial charge is 0.268 e. The van der Waals surface area contributed by atoms with E-state index in [9.17, 15) is 9.59 Å². The third-order valence-corrected chi connectivity index (χ3v) is 5.28. The van der Waals surface area contributed by atoms with Gasteiger partial charge >= 0.3 is 0 Å². The molecule has 0 aliphatic heterocycles. The van der Waals surface area contributed by atoms with Crippen LogP contribution < -0.4 is 10.6 Å². The van der Waals surface area contributed by atoms with Gasteiger partial charge in [-0.25, -0.2) is 0 Å². The number of hydrogen-bond donors (Lipinski definition) is 2. The van der Waals surface area contributed by atoms with Crippen LogP contribution in [0.5, 0.6) is 0 Å². The number of carbonyl (C=O) groups excluding carboxylic acids is 2. The van der Waals surface area contributed by atoms with Gasteiger partial charge in [-0.2, -0.15) is 0 Å². The summed E-state index contributed by atoms with van der Waals surface area (Å²) in [4.78, 5) is 29.7. The van der Waals surface area contributed by atoms with E-state index in [2.05, 4.69) is 31.5 Å². The Morgan fingerprint density at radius 3 is 2.45 bits per heavy atom. The minimum absolute atomic E-state index is 0.0736. The largest absolute Gasteiger partial charge is 0.457 e. The maximum Gasteiger partial charge on any atom is 0.268 e. The van der Waals surface area contributed by atoms with Crippen LogP contribution in [0, 0.1) is 0 Å². The van der Waals surface area contributed by atoms with Crippen LogP contribution in [0.1, 0.15) is 21.7 Å². The number of carbonyl (C=O) groups is 2. The van der Waals surface area contributed by atoms with E-state index in [1.165, 1.54) is 6.08 Å². The highest BCUT2D eigenvalue weighted by molar-refractivity contribution is 9.10. The van der Waals surface area contributed by atoms with E-state index in [0.29, 0.717) is 17.1 Å². The minimum Gasteiger partial charge on any atom is -0.457 e. The zero-order valence-corrected chi connectivity index (χ0v) is 19.1. The van der Waals surface area contributed by atoms with Crippen LogP contribution in [0.4, 0.5) is 0 Å². The van der Waals surface area contributed by atoms with Gasteiger partial charge in [0.2, 0.25) is 0 Å². The fourth-order valence-corrected chi connectivity index (χ4v) is 3.33. The maximum absolute atomic E-state index is 12.9. The normalized spacial score (nSPS) is 11.1. The van der Waals surface area contributed by atoms with E-state index < -0.39 is 11.8 Å². The molecule has 2 aromatic heterocycles. The van der Waals surface area contributed by atoms with E-state index in [1.807, 2.05) is 42.5 Å². The van der Waals surface area contributed by atoms with Crippen molar-refractivity contribution in [2.75, 3.05) is 0 Å². The summed E-state index contributed by atoms with van der Waals surface area (Å²) in [5.41, 5.74) is 2.26. The lowest BCUT2D eigenvalue weighted by Crippen LogP contribution is -2.34. The Bertz CT molecular complexity index is 1270. The van der Waals surface area contributed by atoms with Crippen molar-refractivity contribution >= 4 is 33.8 Å². The van der Waals surface area contributed by atoms with Crippen molar-refractivity contribution < 1.29 is 14.0 Å². The van der Waals surface area contributed by atoms with Crippen molar-refractivity contribution in [3.05, 3.63) is 118 Å². The summed E-state index contributed by atoms with van der Waals surface area (Å²) in [6.45, 7) is 0.271. The molecule has 0 unspecified atom stereocenters. The molecule has 164 valence electrons. The van der Waals surface area contributed by atoms with Crippen molar-refractivity contribution in [3.63, 3.8) is 0 Å². The first kappa shape index (κ1) is 22.2. The number of nitrogens with one attached hydrogen (secondary N) is 2. The molecule has 4 rings (SSSR count). The molecule has 0 radical (unpaired) electrons. The van der Waals surface area contributed by atoms with Gasteiger partial charge in [-0.05, 0) is 48.0 Å². The molecule has 2 amide bonds. The van der Waals surface area contributed by atoms with Crippen molar-refractivity contribution in [1.82, 2.24) is 15.6 Å². The van der Waals surface area contributed by atoms with E-state index >= 15 is 0 Å². The maximum atomic E-state index is 12.9. The molecular formula is C26H20BrN3O3. The molecule has 0 spiro atoms. The van der Waals surface area contributed by atoms with Crippen molar-refractivity contribution in [2.45, 2.75) is 6.54 Å². The molecule has 7 heteroatoms. The lowest BCUT2D eigenvalue weighted by molar-refractivity contribution is -0.117. The van der Waals surface area contributed by atoms with Crippen LogP contribution in [-0.4, -0.2) is 16.8 Å². The average Bonchev–Trinajstić information content (AvgIpc) is 3.32. The molecule has 0 bridgehead atoms. The highest BCUT2D eigenvalue weighted by atomic mass is 79.9. The Kier molecular flexibility index (Phi) is 7.12. The molecule has 0 saturated carbocycles. The van der Waals surface area contributed by atoms with Gasteiger partial charge in [0.15, 0.2) is 0 Å². The highest BCUT2D eigenvalue weighted by Gasteiger charge is 2.16. The van der Waals surface area contributed by atoms with Crippen LogP contribution in [0.2, 0.25) is 0 Å². The number of hydrogen-bond acceptors (Lipinski definition) is 4. The summed E-state index contributed by atoms with van der Waals surface area (Å²) in [5.74, 6) is 0.258. The summed E-state index contributed by atoms with van der Waals surface area (Å²) < 4.78 is 6.87. The quantitative estimate of drug-likeness (QED) is 0.341. The molecule has 4 aromatic rings. The fourth-order valence-electron chi connectivity index (χ4n) is 3.06. The minimum atomic E-state index is -0.440. The summed E-state index contributed by atoms with van der Waals surface area (Å²) >= 11 is 3.42. The fraction of sp³-hybridized carbons (Fsp3) is 0.0385. The Morgan fingerprint density at radius 1 is 0.939 bits per heavy atom. The predicted octanol–water partition coefficient (Wildman–Crippen LogP) is 5.19.